The molecule has 0 spiro atoms. The van der Waals surface area contributed by atoms with Crippen molar-refractivity contribution in [2.45, 2.75) is 46.0 Å². The Morgan fingerprint density at radius 2 is 1.89 bits per heavy atom. The number of hydrogen-bond acceptors (Lipinski definition) is 4. The highest BCUT2D eigenvalue weighted by Gasteiger charge is 2.32. The zero-order chi connectivity index (χ0) is 13.3. The van der Waals surface area contributed by atoms with E-state index in [0.717, 1.165) is 35.8 Å². The molecule has 0 unspecified atom stereocenters. The maximum absolute atomic E-state index is 5.99. The molecule has 0 saturated carbocycles. The zero-order valence-electron chi connectivity index (χ0n) is 11.6. The van der Waals surface area contributed by atoms with E-state index in [2.05, 4.69) is 29.0 Å². The van der Waals surface area contributed by atoms with E-state index >= 15 is 0 Å². The van der Waals surface area contributed by atoms with E-state index in [1.807, 2.05) is 24.3 Å². The normalized spacial score (nSPS) is 12.3. The molecule has 0 fully saturated rings. The summed E-state index contributed by atoms with van der Waals surface area (Å²) in [5.41, 5.74) is 7.70. The summed E-state index contributed by atoms with van der Waals surface area (Å²) in [6.45, 7) is 8.83. The van der Waals surface area contributed by atoms with Crippen LogP contribution >= 0.6 is 0 Å². The fourth-order valence-electron chi connectivity index (χ4n) is 2.52. The number of aromatic nitrogens is 4. The minimum Gasteiger partial charge on any atom is -0.329 e. The molecule has 5 nitrogen and oxygen atoms in total. The number of fused-ring (bicyclic) bond motifs is 1. The first-order valence-corrected chi connectivity index (χ1v) is 6.48. The molecular weight excluding hydrogens is 226 g/mol. The SMILES string of the molecule is CCC(CC)(CN)c1nnc2cc(C)nc(C)n12. The second-order valence-corrected chi connectivity index (χ2v) is 4.85. The fourth-order valence-corrected chi connectivity index (χ4v) is 2.52. The Hall–Kier alpha value is -1.49. The van der Waals surface area contributed by atoms with Crippen LogP contribution in [-0.2, 0) is 5.41 Å². The Balaban J connectivity index is 2.72. The Labute approximate surface area is 107 Å². The maximum Gasteiger partial charge on any atom is 0.164 e. The van der Waals surface area contributed by atoms with Gasteiger partial charge in [0.25, 0.3) is 0 Å². The van der Waals surface area contributed by atoms with Crippen LogP contribution in [0.15, 0.2) is 6.07 Å². The Kier molecular flexibility index (Phi) is 3.34. The molecule has 0 aliphatic heterocycles. The highest BCUT2D eigenvalue weighted by atomic mass is 15.3. The van der Waals surface area contributed by atoms with Gasteiger partial charge in [-0.3, -0.25) is 4.40 Å². The van der Waals surface area contributed by atoms with Crippen LogP contribution in [0.3, 0.4) is 0 Å². The van der Waals surface area contributed by atoms with Crippen LogP contribution in [0.5, 0.6) is 0 Å². The molecule has 2 rings (SSSR count). The lowest BCUT2D eigenvalue weighted by Gasteiger charge is -2.28. The number of hydrogen-bond donors (Lipinski definition) is 1. The summed E-state index contributed by atoms with van der Waals surface area (Å²) in [5.74, 6) is 1.86. The van der Waals surface area contributed by atoms with Crippen molar-refractivity contribution < 1.29 is 0 Å². The lowest BCUT2D eigenvalue weighted by atomic mass is 9.81. The van der Waals surface area contributed by atoms with Crippen molar-refractivity contribution in [1.82, 2.24) is 19.6 Å². The van der Waals surface area contributed by atoms with Crippen LogP contribution in [0.2, 0.25) is 0 Å². The van der Waals surface area contributed by atoms with Crippen molar-refractivity contribution in [2.24, 2.45) is 5.73 Å². The van der Waals surface area contributed by atoms with E-state index in [1.54, 1.807) is 0 Å². The molecule has 18 heavy (non-hydrogen) atoms. The summed E-state index contributed by atoms with van der Waals surface area (Å²) in [4.78, 5) is 4.49. The second kappa shape index (κ2) is 4.65. The molecular formula is C13H21N5. The van der Waals surface area contributed by atoms with Crippen LogP contribution < -0.4 is 5.73 Å². The van der Waals surface area contributed by atoms with Gasteiger partial charge in [-0.15, -0.1) is 10.2 Å². The summed E-state index contributed by atoms with van der Waals surface area (Å²) in [6.07, 6.45) is 1.90. The molecule has 0 amide bonds. The van der Waals surface area contributed by atoms with Gasteiger partial charge >= 0.3 is 0 Å². The molecule has 0 radical (unpaired) electrons. The molecule has 0 atom stereocenters. The number of nitrogens with two attached hydrogens (primary N) is 1. The molecule has 2 heterocycles. The quantitative estimate of drug-likeness (QED) is 0.893. The predicted octanol–water partition coefficient (Wildman–Crippen LogP) is 1.76. The minimum absolute atomic E-state index is 0.110. The summed E-state index contributed by atoms with van der Waals surface area (Å²) in [5, 5.41) is 8.64. The Morgan fingerprint density at radius 3 is 2.44 bits per heavy atom. The third kappa shape index (κ3) is 1.79. The van der Waals surface area contributed by atoms with Gasteiger partial charge < -0.3 is 5.73 Å². The monoisotopic (exact) mass is 247 g/mol. The molecule has 0 saturated heterocycles. The van der Waals surface area contributed by atoms with Crippen molar-refractivity contribution in [1.29, 1.82) is 0 Å². The van der Waals surface area contributed by atoms with Gasteiger partial charge in [0.1, 0.15) is 11.6 Å². The standard InChI is InChI=1S/C13H21N5/c1-5-13(6-2,8-14)12-17-16-11-7-9(3)15-10(4)18(11)12/h7H,5-6,8,14H2,1-4H3. The molecule has 0 aromatic carbocycles. The molecule has 5 heteroatoms. The van der Waals surface area contributed by atoms with E-state index in [1.165, 1.54) is 0 Å². The van der Waals surface area contributed by atoms with E-state index in [-0.39, 0.29) is 5.41 Å². The van der Waals surface area contributed by atoms with Gasteiger partial charge in [-0.05, 0) is 26.7 Å². The van der Waals surface area contributed by atoms with Gasteiger partial charge in [0.2, 0.25) is 0 Å². The van der Waals surface area contributed by atoms with Crippen LogP contribution in [0.4, 0.5) is 0 Å². The number of aryl methyl sites for hydroxylation is 2. The first-order chi connectivity index (χ1) is 8.57. The number of nitrogens with zero attached hydrogens (tertiary/aromatic N) is 4. The van der Waals surface area contributed by atoms with E-state index in [4.69, 9.17) is 5.73 Å². The van der Waals surface area contributed by atoms with Gasteiger partial charge in [0, 0.05) is 23.7 Å². The Morgan fingerprint density at radius 1 is 1.22 bits per heavy atom. The lowest BCUT2D eigenvalue weighted by molar-refractivity contribution is 0.378. The minimum atomic E-state index is -0.110. The van der Waals surface area contributed by atoms with Crippen molar-refractivity contribution in [3.63, 3.8) is 0 Å². The lowest BCUT2D eigenvalue weighted by Crippen LogP contribution is -2.36. The summed E-state index contributed by atoms with van der Waals surface area (Å²) < 4.78 is 2.03. The van der Waals surface area contributed by atoms with Crippen molar-refractivity contribution >= 4 is 5.65 Å². The first-order valence-electron chi connectivity index (χ1n) is 6.48. The molecule has 2 aromatic heterocycles. The molecule has 2 aromatic rings. The van der Waals surface area contributed by atoms with Gasteiger partial charge in [-0.2, -0.15) is 0 Å². The zero-order valence-corrected chi connectivity index (χ0v) is 11.6. The van der Waals surface area contributed by atoms with Crippen LogP contribution in [0.1, 0.15) is 44.0 Å². The van der Waals surface area contributed by atoms with Crippen LogP contribution in [-0.4, -0.2) is 26.1 Å². The van der Waals surface area contributed by atoms with Crippen LogP contribution in [0.25, 0.3) is 5.65 Å². The van der Waals surface area contributed by atoms with Crippen molar-refractivity contribution in [3.8, 4) is 0 Å². The molecule has 0 bridgehead atoms. The third-order valence-corrected chi connectivity index (χ3v) is 3.91. The topological polar surface area (TPSA) is 69.1 Å². The van der Waals surface area contributed by atoms with Crippen molar-refractivity contribution in [2.75, 3.05) is 6.54 Å². The Bertz CT molecular complexity index is 545. The van der Waals surface area contributed by atoms with Crippen LogP contribution in [0, 0.1) is 13.8 Å². The highest BCUT2D eigenvalue weighted by molar-refractivity contribution is 5.41. The molecule has 2 N–H and O–H groups in total. The van der Waals surface area contributed by atoms with E-state index in [0.29, 0.717) is 6.54 Å². The molecule has 98 valence electrons. The fraction of sp³-hybridized carbons (Fsp3) is 0.615. The van der Waals surface area contributed by atoms with E-state index < -0.39 is 0 Å². The van der Waals surface area contributed by atoms with Gasteiger partial charge in [-0.25, -0.2) is 4.98 Å². The largest absolute Gasteiger partial charge is 0.329 e. The third-order valence-electron chi connectivity index (χ3n) is 3.91. The number of rotatable bonds is 4. The molecule has 0 aliphatic carbocycles. The smallest absolute Gasteiger partial charge is 0.164 e. The average Bonchev–Trinajstić information content (AvgIpc) is 2.77. The second-order valence-electron chi connectivity index (χ2n) is 4.85. The summed E-state index contributed by atoms with van der Waals surface area (Å²) in [6, 6.07) is 1.95. The summed E-state index contributed by atoms with van der Waals surface area (Å²) >= 11 is 0. The van der Waals surface area contributed by atoms with Gasteiger partial charge in [-0.1, -0.05) is 13.8 Å². The summed E-state index contributed by atoms with van der Waals surface area (Å²) in [7, 11) is 0. The average molecular weight is 247 g/mol. The highest BCUT2D eigenvalue weighted by Crippen LogP contribution is 2.29. The van der Waals surface area contributed by atoms with Gasteiger partial charge in [0.05, 0.1) is 0 Å². The van der Waals surface area contributed by atoms with E-state index in [9.17, 15) is 0 Å². The first kappa shape index (κ1) is 13.0. The van der Waals surface area contributed by atoms with Gasteiger partial charge in [0.15, 0.2) is 5.65 Å². The molecule has 0 aliphatic rings. The van der Waals surface area contributed by atoms with Crippen molar-refractivity contribution in [3.05, 3.63) is 23.4 Å². The maximum atomic E-state index is 5.99. The predicted molar refractivity (Wildman–Crippen MR) is 71.6 cm³/mol.